The van der Waals surface area contributed by atoms with Gasteiger partial charge in [0.15, 0.2) is 0 Å². The largest absolute Gasteiger partial charge is 0.479 e. The van der Waals surface area contributed by atoms with Crippen LogP contribution in [0.4, 0.5) is 0 Å². The molecule has 0 spiro atoms. The first-order valence-corrected chi connectivity index (χ1v) is 7.62. The highest BCUT2D eigenvalue weighted by molar-refractivity contribution is 6.45. The highest BCUT2D eigenvalue weighted by Gasteiger charge is 2.57. The van der Waals surface area contributed by atoms with E-state index in [0.717, 1.165) is 26.4 Å². The van der Waals surface area contributed by atoms with Crippen molar-refractivity contribution in [2.45, 2.75) is 70.6 Å². The van der Waals surface area contributed by atoms with Gasteiger partial charge in [-0.15, -0.1) is 0 Å². The predicted molar refractivity (Wildman–Crippen MR) is 80.0 cm³/mol. The van der Waals surface area contributed by atoms with Crippen molar-refractivity contribution < 1.29 is 19.4 Å². The van der Waals surface area contributed by atoms with E-state index in [1.165, 1.54) is 19.3 Å². The van der Waals surface area contributed by atoms with Gasteiger partial charge in [-0.05, 0) is 6.42 Å². The lowest BCUT2D eigenvalue weighted by Crippen LogP contribution is -2.53. The van der Waals surface area contributed by atoms with Crippen LogP contribution in [0.3, 0.4) is 0 Å². The van der Waals surface area contributed by atoms with Crippen LogP contribution in [0.5, 0.6) is 0 Å². The first kappa shape index (κ1) is 19.2. The Morgan fingerprint density at radius 2 is 1.60 bits per heavy atom. The molecule has 1 N–H and O–H groups in total. The smallest absolute Gasteiger partial charge is 0.339 e. The molecule has 0 heterocycles. The van der Waals surface area contributed by atoms with E-state index in [1.807, 2.05) is 0 Å². The first-order chi connectivity index (χ1) is 9.24. The highest BCUT2D eigenvalue weighted by Crippen LogP contribution is 2.42. The molecule has 4 nitrogen and oxygen atoms in total. The van der Waals surface area contributed by atoms with Crippen molar-refractivity contribution in [1.29, 1.82) is 0 Å². The van der Waals surface area contributed by atoms with Crippen LogP contribution in [-0.2, 0) is 14.3 Å². The van der Waals surface area contributed by atoms with E-state index >= 15 is 0 Å². The maximum Gasteiger partial charge on any atom is 0.339 e. The summed E-state index contributed by atoms with van der Waals surface area (Å²) in [5.41, 5.74) is -0.863. The third kappa shape index (κ3) is 4.65. The Labute approximate surface area is 126 Å². The number of carboxylic acids is 1. The van der Waals surface area contributed by atoms with Crippen molar-refractivity contribution >= 4 is 23.5 Å². The number of carboxylic acid groups (broad SMARTS) is 1. The Kier molecular flexibility index (Phi) is 8.17. The molecule has 0 aromatic heterocycles. The number of methoxy groups -OCH3 is 1. The zero-order valence-corrected chi connectivity index (χ0v) is 13.8. The van der Waals surface area contributed by atoms with Crippen LogP contribution in [0.2, 0.25) is 0 Å². The zero-order chi connectivity index (χ0) is 15.8. The molecule has 1 atom stereocenters. The van der Waals surface area contributed by atoms with Gasteiger partial charge in [0.05, 0.1) is 7.11 Å². The molecule has 20 heavy (non-hydrogen) atoms. The second-order valence-electron chi connectivity index (χ2n) is 5.86. The molecule has 0 rings (SSSR count). The van der Waals surface area contributed by atoms with E-state index in [2.05, 4.69) is 11.7 Å². The minimum Gasteiger partial charge on any atom is -0.479 e. The lowest BCUT2D eigenvalue weighted by Gasteiger charge is -2.36. The van der Waals surface area contributed by atoms with E-state index in [1.54, 1.807) is 13.8 Å². The van der Waals surface area contributed by atoms with Gasteiger partial charge in [-0.2, -0.15) is 0 Å². The zero-order valence-electron chi connectivity index (χ0n) is 13.0. The SMILES string of the molecule is CCCCCCCCC(C)(C)C(Cl)(C(=O)O)C(=O)OC. The number of hydrogen-bond donors (Lipinski definition) is 1. The van der Waals surface area contributed by atoms with Crippen molar-refractivity contribution in [2.75, 3.05) is 7.11 Å². The molecular weight excluding hydrogens is 280 g/mol. The minimum absolute atomic E-state index is 0.573. The highest BCUT2D eigenvalue weighted by atomic mass is 35.5. The van der Waals surface area contributed by atoms with Gasteiger partial charge in [-0.1, -0.05) is 70.9 Å². The second kappa shape index (κ2) is 8.50. The minimum atomic E-state index is -2.02. The number of hydrogen-bond acceptors (Lipinski definition) is 3. The van der Waals surface area contributed by atoms with E-state index < -0.39 is 22.2 Å². The monoisotopic (exact) mass is 306 g/mol. The average molecular weight is 307 g/mol. The summed E-state index contributed by atoms with van der Waals surface area (Å²) in [4.78, 5) is 21.1. The van der Waals surface area contributed by atoms with Crippen molar-refractivity contribution in [3.05, 3.63) is 0 Å². The Morgan fingerprint density at radius 1 is 1.10 bits per heavy atom. The molecule has 0 aromatic carbocycles. The summed E-state index contributed by atoms with van der Waals surface area (Å²) in [7, 11) is 1.16. The summed E-state index contributed by atoms with van der Waals surface area (Å²) >= 11 is 6.10. The topological polar surface area (TPSA) is 63.6 Å². The van der Waals surface area contributed by atoms with E-state index in [9.17, 15) is 14.7 Å². The predicted octanol–water partition coefficient (Wildman–Crippen LogP) is 4.00. The second-order valence-corrected chi connectivity index (χ2v) is 6.42. The van der Waals surface area contributed by atoms with Gasteiger partial charge < -0.3 is 9.84 Å². The van der Waals surface area contributed by atoms with Crippen LogP contribution < -0.4 is 0 Å². The summed E-state index contributed by atoms with van der Waals surface area (Å²) in [5, 5.41) is 9.31. The number of alkyl halides is 1. The number of aliphatic carboxylic acids is 1. The fourth-order valence-electron chi connectivity index (χ4n) is 2.31. The third-order valence-corrected chi connectivity index (χ3v) is 4.68. The molecule has 118 valence electrons. The van der Waals surface area contributed by atoms with E-state index in [4.69, 9.17) is 11.6 Å². The molecule has 0 amide bonds. The van der Waals surface area contributed by atoms with Gasteiger partial charge in [-0.3, -0.25) is 0 Å². The normalized spacial score (nSPS) is 14.7. The molecule has 1 unspecified atom stereocenters. The van der Waals surface area contributed by atoms with Gasteiger partial charge in [-0.25, -0.2) is 9.59 Å². The van der Waals surface area contributed by atoms with Gasteiger partial charge in [0.1, 0.15) is 0 Å². The number of ether oxygens (including phenoxy) is 1. The van der Waals surface area contributed by atoms with Crippen molar-refractivity contribution in [1.82, 2.24) is 0 Å². The van der Waals surface area contributed by atoms with Gasteiger partial charge >= 0.3 is 11.9 Å². The molecule has 0 saturated heterocycles. The fourth-order valence-corrected chi connectivity index (χ4v) is 2.48. The lowest BCUT2D eigenvalue weighted by molar-refractivity contribution is -0.159. The van der Waals surface area contributed by atoms with Crippen LogP contribution in [0.15, 0.2) is 0 Å². The molecule has 0 fully saturated rings. The molecular formula is C15H27ClO4. The Hall–Kier alpha value is -0.770. The molecule has 0 aromatic rings. The molecule has 0 aliphatic heterocycles. The molecule has 0 radical (unpaired) electrons. The van der Waals surface area contributed by atoms with Gasteiger partial charge in [0.2, 0.25) is 4.87 Å². The fraction of sp³-hybridized carbons (Fsp3) is 0.867. The summed E-state index contributed by atoms with van der Waals surface area (Å²) in [6, 6.07) is 0. The van der Waals surface area contributed by atoms with Crippen LogP contribution in [-0.4, -0.2) is 29.0 Å². The van der Waals surface area contributed by atoms with Gasteiger partial charge in [0.25, 0.3) is 0 Å². The van der Waals surface area contributed by atoms with Crippen molar-refractivity contribution in [3.8, 4) is 0 Å². The maximum absolute atomic E-state index is 11.8. The molecule has 0 saturated carbocycles. The lowest BCUT2D eigenvalue weighted by atomic mass is 9.74. The number of carbonyl (C=O) groups is 2. The van der Waals surface area contributed by atoms with Crippen LogP contribution in [0, 0.1) is 5.41 Å². The summed E-state index contributed by atoms with van der Waals surface area (Å²) in [6.45, 7) is 5.57. The Balaban J connectivity index is 4.57. The maximum atomic E-state index is 11.8. The molecule has 5 heteroatoms. The van der Waals surface area contributed by atoms with Crippen molar-refractivity contribution in [2.24, 2.45) is 5.41 Å². The number of unbranched alkanes of at least 4 members (excludes halogenated alkanes) is 5. The standard InChI is InChI=1S/C15H27ClO4/c1-5-6-7-8-9-10-11-14(2,3)15(16,12(17)18)13(19)20-4/h5-11H2,1-4H3,(H,17,18). The number of halogens is 1. The number of rotatable bonds is 10. The van der Waals surface area contributed by atoms with E-state index in [-0.39, 0.29) is 0 Å². The molecule has 0 bridgehead atoms. The van der Waals surface area contributed by atoms with Gasteiger partial charge in [0, 0.05) is 5.41 Å². The number of esters is 1. The molecule has 0 aliphatic carbocycles. The summed E-state index contributed by atoms with van der Waals surface area (Å²) in [6.07, 6.45) is 7.19. The summed E-state index contributed by atoms with van der Waals surface area (Å²) in [5.74, 6) is -2.25. The third-order valence-electron chi connectivity index (χ3n) is 3.85. The average Bonchev–Trinajstić information content (AvgIpc) is 2.40. The van der Waals surface area contributed by atoms with Crippen LogP contribution >= 0.6 is 11.6 Å². The summed E-state index contributed by atoms with van der Waals surface area (Å²) < 4.78 is 4.57. The molecule has 0 aliphatic rings. The Bertz CT molecular complexity index is 328. The number of carbonyl (C=O) groups excluding carboxylic acids is 1. The first-order valence-electron chi connectivity index (χ1n) is 7.24. The van der Waals surface area contributed by atoms with Crippen molar-refractivity contribution in [3.63, 3.8) is 0 Å². The van der Waals surface area contributed by atoms with E-state index in [0.29, 0.717) is 6.42 Å². The van der Waals surface area contributed by atoms with Crippen LogP contribution in [0.25, 0.3) is 0 Å². The quantitative estimate of drug-likeness (QED) is 0.287. The Morgan fingerprint density at radius 3 is 2.05 bits per heavy atom. The van der Waals surface area contributed by atoms with Crippen LogP contribution in [0.1, 0.15) is 65.7 Å².